The van der Waals surface area contributed by atoms with Crippen molar-refractivity contribution in [2.75, 3.05) is 13.2 Å². The van der Waals surface area contributed by atoms with Gasteiger partial charge in [0.2, 0.25) is 0 Å². The molecule has 0 radical (unpaired) electrons. The lowest BCUT2D eigenvalue weighted by atomic mass is 9.83. The Morgan fingerprint density at radius 2 is 1.87 bits per heavy atom. The summed E-state index contributed by atoms with van der Waals surface area (Å²) in [6, 6.07) is 0. The van der Waals surface area contributed by atoms with Crippen LogP contribution in [0.1, 0.15) is 44.9 Å². The van der Waals surface area contributed by atoms with Gasteiger partial charge in [-0.3, -0.25) is 4.79 Å². The van der Waals surface area contributed by atoms with Crippen LogP contribution >= 0.6 is 0 Å². The molecule has 3 heteroatoms. The highest BCUT2D eigenvalue weighted by Gasteiger charge is 2.41. The lowest BCUT2D eigenvalue weighted by Gasteiger charge is -2.27. The normalized spacial score (nSPS) is 31.1. The molecule has 15 heavy (non-hydrogen) atoms. The average molecular weight is 212 g/mol. The standard InChI is InChI=1S/C12H20O3/c13-11(10-5-8-15-9-10)12(14)6-3-1-2-4-7-12/h10,14H,1-9H2. The van der Waals surface area contributed by atoms with Crippen molar-refractivity contribution in [2.45, 2.75) is 50.5 Å². The molecule has 0 aromatic rings. The van der Waals surface area contributed by atoms with E-state index in [-0.39, 0.29) is 11.7 Å². The van der Waals surface area contributed by atoms with E-state index in [1.165, 1.54) is 0 Å². The number of carbonyl (C=O) groups excluding carboxylic acids is 1. The number of carbonyl (C=O) groups is 1. The van der Waals surface area contributed by atoms with Crippen LogP contribution in [0.15, 0.2) is 0 Å². The van der Waals surface area contributed by atoms with E-state index in [9.17, 15) is 9.90 Å². The van der Waals surface area contributed by atoms with Gasteiger partial charge in [0.15, 0.2) is 5.78 Å². The van der Waals surface area contributed by atoms with Gasteiger partial charge in [0.1, 0.15) is 5.60 Å². The first-order valence-corrected chi connectivity index (χ1v) is 6.07. The van der Waals surface area contributed by atoms with Crippen LogP contribution in [0.4, 0.5) is 0 Å². The molecule has 0 spiro atoms. The maximum atomic E-state index is 12.1. The zero-order chi connectivity index (χ0) is 10.7. The highest BCUT2D eigenvalue weighted by Crippen LogP contribution is 2.32. The SMILES string of the molecule is O=C(C1CCOC1)C1(O)CCCCCC1. The summed E-state index contributed by atoms with van der Waals surface area (Å²) in [4.78, 5) is 12.1. The Kier molecular flexibility index (Phi) is 3.42. The molecule has 86 valence electrons. The molecule has 1 saturated carbocycles. The van der Waals surface area contributed by atoms with E-state index < -0.39 is 5.60 Å². The van der Waals surface area contributed by atoms with Crippen molar-refractivity contribution in [1.29, 1.82) is 0 Å². The van der Waals surface area contributed by atoms with Crippen molar-refractivity contribution < 1.29 is 14.6 Å². The van der Waals surface area contributed by atoms with E-state index in [1.807, 2.05) is 0 Å². The molecule has 0 bridgehead atoms. The zero-order valence-corrected chi connectivity index (χ0v) is 9.21. The fourth-order valence-electron chi connectivity index (χ4n) is 2.68. The summed E-state index contributed by atoms with van der Waals surface area (Å²) in [5, 5.41) is 10.4. The maximum Gasteiger partial charge on any atom is 0.169 e. The van der Waals surface area contributed by atoms with E-state index in [0.29, 0.717) is 26.1 Å². The van der Waals surface area contributed by atoms with Crippen LogP contribution in [-0.2, 0) is 9.53 Å². The van der Waals surface area contributed by atoms with E-state index in [2.05, 4.69) is 0 Å². The summed E-state index contributed by atoms with van der Waals surface area (Å²) in [7, 11) is 0. The number of ether oxygens (including phenoxy) is 1. The van der Waals surface area contributed by atoms with Crippen molar-refractivity contribution in [3.05, 3.63) is 0 Å². The number of hydrogen-bond acceptors (Lipinski definition) is 3. The van der Waals surface area contributed by atoms with Crippen molar-refractivity contribution in [3.63, 3.8) is 0 Å². The quantitative estimate of drug-likeness (QED) is 0.708. The fourth-order valence-corrected chi connectivity index (χ4v) is 2.68. The predicted octanol–water partition coefficient (Wildman–Crippen LogP) is 1.68. The van der Waals surface area contributed by atoms with Gasteiger partial charge < -0.3 is 9.84 Å². The Hall–Kier alpha value is -0.410. The molecule has 1 heterocycles. The minimum Gasteiger partial charge on any atom is -0.382 e. The lowest BCUT2D eigenvalue weighted by molar-refractivity contribution is -0.143. The third-order valence-electron chi connectivity index (χ3n) is 3.69. The third-order valence-corrected chi connectivity index (χ3v) is 3.69. The van der Waals surface area contributed by atoms with E-state index >= 15 is 0 Å². The molecule has 1 saturated heterocycles. The summed E-state index contributed by atoms with van der Waals surface area (Å²) in [6.45, 7) is 1.19. The Labute approximate surface area is 90.8 Å². The Morgan fingerprint density at radius 1 is 1.20 bits per heavy atom. The van der Waals surface area contributed by atoms with Crippen molar-refractivity contribution in [3.8, 4) is 0 Å². The van der Waals surface area contributed by atoms with Crippen LogP contribution < -0.4 is 0 Å². The molecule has 2 rings (SSSR count). The summed E-state index contributed by atoms with van der Waals surface area (Å²) < 4.78 is 5.21. The summed E-state index contributed by atoms with van der Waals surface area (Å²) in [6.07, 6.45) is 6.37. The number of Topliss-reactive ketones (excluding diaryl/α,β-unsaturated/α-hetero) is 1. The minimum absolute atomic E-state index is 0.0434. The number of ketones is 1. The zero-order valence-electron chi connectivity index (χ0n) is 9.21. The highest BCUT2D eigenvalue weighted by molar-refractivity contribution is 5.89. The van der Waals surface area contributed by atoms with E-state index in [4.69, 9.17) is 4.74 Å². The van der Waals surface area contributed by atoms with Gasteiger partial charge >= 0.3 is 0 Å². The van der Waals surface area contributed by atoms with Crippen LogP contribution in [0.25, 0.3) is 0 Å². The van der Waals surface area contributed by atoms with Gasteiger partial charge in [-0.15, -0.1) is 0 Å². The molecule has 1 aliphatic carbocycles. The molecule has 0 aromatic carbocycles. The molecule has 2 aliphatic rings. The van der Waals surface area contributed by atoms with Crippen molar-refractivity contribution in [2.24, 2.45) is 5.92 Å². The molecule has 1 N–H and O–H groups in total. The Balaban J connectivity index is 2.01. The monoisotopic (exact) mass is 212 g/mol. The first kappa shape index (κ1) is 11.1. The molecule has 0 amide bonds. The molecule has 1 unspecified atom stereocenters. The van der Waals surface area contributed by atoms with Gasteiger partial charge in [0, 0.05) is 12.5 Å². The second kappa shape index (κ2) is 4.62. The molecule has 1 aliphatic heterocycles. The van der Waals surface area contributed by atoms with Crippen LogP contribution in [-0.4, -0.2) is 29.7 Å². The Bertz CT molecular complexity index is 223. The topological polar surface area (TPSA) is 46.5 Å². The largest absolute Gasteiger partial charge is 0.382 e. The highest BCUT2D eigenvalue weighted by atomic mass is 16.5. The lowest BCUT2D eigenvalue weighted by Crippen LogP contribution is -2.42. The first-order chi connectivity index (χ1) is 7.22. The van der Waals surface area contributed by atoms with Crippen molar-refractivity contribution in [1.82, 2.24) is 0 Å². The minimum atomic E-state index is -1.03. The first-order valence-electron chi connectivity index (χ1n) is 6.07. The van der Waals surface area contributed by atoms with Gasteiger partial charge in [0.25, 0.3) is 0 Å². The van der Waals surface area contributed by atoms with E-state index in [1.54, 1.807) is 0 Å². The smallest absolute Gasteiger partial charge is 0.169 e. The van der Waals surface area contributed by atoms with Gasteiger partial charge in [0.05, 0.1) is 6.61 Å². The van der Waals surface area contributed by atoms with Gasteiger partial charge in [-0.2, -0.15) is 0 Å². The number of aliphatic hydroxyl groups is 1. The molecular formula is C12H20O3. The predicted molar refractivity (Wildman–Crippen MR) is 56.6 cm³/mol. The van der Waals surface area contributed by atoms with Gasteiger partial charge in [-0.1, -0.05) is 25.7 Å². The molecule has 1 atom stereocenters. The van der Waals surface area contributed by atoms with Crippen LogP contribution in [0, 0.1) is 5.92 Å². The summed E-state index contributed by atoms with van der Waals surface area (Å²) >= 11 is 0. The Morgan fingerprint density at radius 3 is 2.40 bits per heavy atom. The van der Waals surface area contributed by atoms with E-state index in [0.717, 1.165) is 32.1 Å². The molecule has 3 nitrogen and oxygen atoms in total. The fraction of sp³-hybridized carbons (Fsp3) is 0.917. The van der Waals surface area contributed by atoms with Crippen molar-refractivity contribution >= 4 is 5.78 Å². The average Bonchev–Trinajstić information content (AvgIpc) is 2.67. The molecule has 2 fully saturated rings. The second-order valence-electron chi connectivity index (χ2n) is 4.87. The van der Waals surface area contributed by atoms with Crippen LogP contribution in [0.3, 0.4) is 0 Å². The van der Waals surface area contributed by atoms with Crippen LogP contribution in [0.5, 0.6) is 0 Å². The molecule has 0 aromatic heterocycles. The molecular weight excluding hydrogens is 192 g/mol. The number of rotatable bonds is 2. The second-order valence-corrected chi connectivity index (χ2v) is 4.87. The van der Waals surface area contributed by atoms with Gasteiger partial charge in [-0.25, -0.2) is 0 Å². The maximum absolute atomic E-state index is 12.1. The third kappa shape index (κ3) is 2.40. The van der Waals surface area contributed by atoms with Gasteiger partial charge in [-0.05, 0) is 19.3 Å². The number of hydrogen-bond donors (Lipinski definition) is 1. The summed E-state index contributed by atoms with van der Waals surface area (Å²) in [5.41, 5.74) is -1.03. The summed E-state index contributed by atoms with van der Waals surface area (Å²) in [5.74, 6) is -0.00463. The van der Waals surface area contributed by atoms with Crippen LogP contribution in [0.2, 0.25) is 0 Å².